The highest BCUT2D eigenvalue weighted by molar-refractivity contribution is 5.29. The third kappa shape index (κ3) is 5.13. The van der Waals surface area contributed by atoms with Crippen molar-refractivity contribution in [1.82, 2.24) is 5.32 Å². The Hall–Kier alpha value is -1.91. The first kappa shape index (κ1) is 16.5. The van der Waals surface area contributed by atoms with E-state index in [9.17, 15) is 9.50 Å². The van der Waals surface area contributed by atoms with Crippen molar-refractivity contribution in [3.8, 4) is 5.75 Å². The van der Waals surface area contributed by atoms with Gasteiger partial charge in [0.05, 0.1) is 6.61 Å². The highest BCUT2D eigenvalue weighted by Gasteiger charge is 2.04. The SMILES string of the molecule is CCC(CO)NCc1cccc(OCc2ccc(F)cc2)c1. The van der Waals surface area contributed by atoms with E-state index < -0.39 is 0 Å². The molecule has 118 valence electrons. The summed E-state index contributed by atoms with van der Waals surface area (Å²) >= 11 is 0. The number of nitrogens with one attached hydrogen (secondary N) is 1. The molecule has 22 heavy (non-hydrogen) atoms. The van der Waals surface area contributed by atoms with Crippen LogP contribution in [0, 0.1) is 5.82 Å². The van der Waals surface area contributed by atoms with Gasteiger partial charge in [-0.3, -0.25) is 0 Å². The maximum absolute atomic E-state index is 12.8. The molecule has 0 saturated heterocycles. The van der Waals surface area contributed by atoms with E-state index in [0.29, 0.717) is 13.2 Å². The van der Waals surface area contributed by atoms with E-state index in [1.807, 2.05) is 31.2 Å². The lowest BCUT2D eigenvalue weighted by Crippen LogP contribution is -2.31. The first-order chi connectivity index (χ1) is 10.7. The van der Waals surface area contributed by atoms with Crippen LogP contribution in [0.3, 0.4) is 0 Å². The minimum absolute atomic E-state index is 0.115. The van der Waals surface area contributed by atoms with E-state index >= 15 is 0 Å². The van der Waals surface area contributed by atoms with E-state index in [0.717, 1.165) is 23.3 Å². The van der Waals surface area contributed by atoms with Crippen molar-refractivity contribution < 1.29 is 14.2 Å². The summed E-state index contributed by atoms with van der Waals surface area (Å²) in [4.78, 5) is 0. The summed E-state index contributed by atoms with van der Waals surface area (Å²) < 4.78 is 18.6. The number of aliphatic hydroxyl groups is 1. The molecule has 2 aromatic carbocycles. The molecule has 0 aliphatic carbocycles. The fourth-order valence-electron chi connectivity index (χ4n) is 2.09. The summed E-state index contributed by atoms with van der Waals surface area (Å²) in [6.45, 7) is 3.27. The lowest BCUT2D eigenvalue weighted by molar-refractivity contribution is 0.238. The molecule has 0 bridgehead atoms. The van der Waals surface area contributed by atoms with Gasteiger partial charge in [0.2, 0.25) is 0 Å². The van der Waals surface area contributed by atoms with Crippen LogP contribution in [0.1, 0.15) is 24.5 Å². The van der Waals surface area contributed by atoms with Crippen LogP contribution in [0.4, 0.5) is 4.39 Å². The zero-order chi connectivity index (χ0) is 15.8. The molecule has 0 saturated carbocycles. The number of hydrogen-bond acceptors (Lipinski definition) is 3. The summed E-state index contributed by atoms with van der Waals surface area (Å²) in [6.07, 6.45) is 0.886. The Labute approximate surface area is 130 Å². The van der Waals surface area contributed by atoms with E-state index in [2.05, 4.69) is 5.32 Å². The number of aliphatic hydroxyl groups excluding tert-OH is 1. The first-order valence-corrected chi connectivity index (χ1v) is 7.51. The number of benzene rings is 2. The summed E-state index contributed by atoms with van der Waals surface area (Å²) in [5.41, 5.74) is 2.03. The fraction of sp³-hybridized carbons (Fsp3) is 0.333. The van der Waals surface area contributed by atoms with Crippen molar-refractivity contribution in [1.29, 1.82) is 0 Å². The Morgan fingerprint density at radius 3 is 2.59 bits per heavy atom. The predicted octanol–water partition coefficient (Wildman–Crippen LogP) is 3.27. The lowest BCUT2D eigenvalue weighted by atomic mass is 10.2. The minimum atomic E-state index is -0.244. The van der Waals surface area contributed by atoms with Crippen molar-refractivity contribution in [2.75, 3.05) is 6.61 Å². The van der Waals surface area contributed by atoms with Crippen LogP contribution in [-0.4, -0.2) is 17.8 Å². The molecule has 1 unspecified atom stereocenters. The number of ether oxygens (including phenoxy) is 1. The monoisotopic (exact) mass is 303 g/mol. The highest BCUT2D eigenvalue weighted by atomic mass is 19.1. The zero-order valence-corrected chi connectivity index (χ0v) is 12.8. The van der Waals surface area contributed by atoms with E-state index in [1.54, 1.807) is 12.1 Å². The molecule has 2 N–H and O–H groups in total. The number of rotatable bonds is 8. The van der Waals surface area contributed by atoms with Gasteiger partial charge < -0.3 is 15.2 Å². The summed E-state index contributed by atoms with van der Waals surface area (Å²) in [6, 6.07) is 14.2. The van der Waals surface area contributed by atoms with Crippen LogP contribution in [0.2, 0.25) is 0 Å². The summed E-state index contributed by atoms with van der Waals surface area (Å²) in [7, 11) is 0. The van der Waals surface area contributed by atoms with Crippen LogP contribution in [0.15, 0.2) is 48.5 Å². The third-order valence-electron chi connectivity index (χ3n) is 3.53. The topological polar surface area (TPSA) is 41.5 Å². The normalized spacial score (nSPS) is 12.1. The third-order valence-corrected chi connectivity index (χ3v) is 3.53. The first-order valence-electron chi connectivity index (χ1n) is 7.51. The molecule has 0 fully saturated rings. The Morgan fingerprint density at radius 1 is 1.14 bits per heavy atom. The van der Waals surface area contributed by atoms with Gasteiger partial charge in [-0.1, -0.05) is 31.2 Å². The predicted molar refractivity (Wildman–Crippen MR) is 85.2 cm³/mol. The molecular weight excluding hydrogens is 281 g/mol. The molecule has 0 heterocycles. The Kier molecular flexibility index (Phi) is 6.37. The summed E-state index contributed by atoms with van der Waals surface area (Å²) in [5, 5.41) is 12.5. The molecule has 0 radical (unpaired) electrons. The highest BCUT2D eigenvalue weighted by Crippen LogP contribution is 2.15. The Morgan fingerprint density at radius 2 is 1.91 bits per heavy atom. The maximum Gasteiger partial charge on any atom is 0.123 e. The Balaban J connectivity index is 1.89. The van der Waals surface area contributed by atoms with Gasteiger partial charge in [0.1, 0.15) is 18.2 Å². The Bertz CT molecular complexity index is 568. The van der Waals surface area contributed by atoms with Crippen molar-refractivity contribution >= 4 is 0 Å². The van der Waals surface area contributed by atoms with Gasteiger partial charge in [-0.25, -0.2) is 4.39 Å². The second-order valence-corrected chi connectivity index (χ2v) is 5.23. The van der Waals surface area contributed by atoms with E-state index in [4.69, 9.17) is 4.74 Å². The quantitative estimate of drug-likeness (QED) is 0.786. The van der Waals surface area contributed by atoms with Crippen molar-refractivity contribution in [2.24, 2.45) is 0 Å². The van der Waals surface area contributed by atoms with E-state index in [-0.39, 0.29) is 18.5 Å². The van der Waals surface area contributed by atoms with Gasteiger partial charge >= 0.3 is 0 Å². The average Bonchev–Trinajstić information content (AvgIpc) is 2.56. The molecular formula is C18H22FNO2. The average molecular weight is 303 g/mol. The molecule has 0 aliphatic rings. The van der Waals surface area contributed by atoms with Crippen molar-refractivity contribution in [3.05, 3.63) is 65.5 Å². The fourth-order valence-corrected chi connectivity index (χ4v) is 2.09. The van der Waals surface area contributed by atoms with Gasteiger partial charge in [-0.15, -0.1) is 0 Å². The zero-order valence-electron chi connectivity index (χ0n) is 12.8. The van der Waals surface area contributed by atoms with Crippen LogP contribution >= 0.6 is 0 Å². The molecule has 0 aromatic heterocycles. The molecule has 0 spiro atoms. The second-order valence-electron chi connectivity index (χ2n) is 5.23. The van der Waals surface area contributed by atoms with Crippen LogP contribution < -0.4 is 10.1 Å². The minimum Gasteiger partial charge on any atom is -0.489 e. The van der Waals surface area contributed by atoms with Crippen LogP contribution in [0.5, 0.6) is 5.75 Å². The molecule has 0 amide bonds. The molecule has 4 heteroatoms. The largest absolute Gasteiger partial charge is 0.489 e. The number of halogens is 1. The maximum atomic E-state index is 12.8. The van der Waals surface area contributed by atoms with Crippen molar-refractivity contribution in [3.63, 3.8) is 0 Å². The van der Waals surface area contributed by atoms with Gasteiger partial charge in [0, 0.05) is 12.6 Å². The van der Waals surface area contributed by atoms with Crippen LogP contribution in [-0.2, 0) is 13.2 Å². The smallest absolute Gasteiger partial charge is 0.123 e. The van der Waals surface area contributed by atoms with Gasteiger partial charge in [-0.05, 0) is 41.8 Å². The summed E-state index contributed by atoms with van der Waals surface area (Å²) in [5.74, 6) is 0.534. The molecule has 3 nitrogen and oxygen atoms in total. The molecule has 1 atom stereocenters. The van der Waals surface area contributed by atoms with Crippen LogP contribution in [0.25, 0.3) is 0 Å². The van der Waals surface area contributed by atoms with Crippen molar-refractivity contribution in [2.45, 2.75) is 32.5 Å². The second kappa shape index (κ2) is 8.51. The number of hydrogen-bond donors (Lipinski definition) is 2. The van der Waals surface area contributed by atoms with Gasteiger partial charge in [0.25, 0.3) is 0 Å². The molecule has 2 rings (SSSR count). The molecule has 0 aliphatic heterocycles. The van der Waals surface area contributed by atoms with E-state index in [1.165, 1.54) is 12.1 Å². The molecule has 2 aromatic rings. The lowest BCUT2D eigenvalue weighted by Gasteiger charge is -2.14. The van der Waals surface area contributed by atoms with Gasteiger partial charge in [0.15, 0.2) is 0 Å². The standard InChI is InChI=1S/C18H22FNO2/c1-2-17(12-21)20-11-15-4-3-5-18(10-15)22-13-14-6-8-16(19)9-7-14/h3-10,17,20-21H,2,11-13H2,1H3. The van der Waals surface area contributed by atoms with Gasteiger partial charge in [-0.2, -0.15) is 0 Å².